The Morgan fingerprint density at radius 3 is 2.30 bits per heavy atom. The van der Waals surface area contributed by atoms with Crippen LogP contribution in [0.5, 0.6) is 0 Å². The largest absolute Gasteiger partial charge is 0.393 e. The molecular weight excluding hydrogens is 308 g/mol. The number of hydrogen-bond acceptors (Lipinski definition) is 2. The molecule has 1 N–H and O–H groups in total. The van der Waals surface area contributed by atoms with Gasteiger partial charge in [-0.05, 0) is 62.0 Å². The van der Waals surface area contributed by atoms with Gasteiger partial charge in [-0.2, -0.15) is 13.2 Å². The number of nitrogens with one attached hydrogen (secondary N) is 1. The number of piperidine rings is 1. The Morgan fingerprint density at radius 1 is 1.04 bits per heavy atom. The van der Waals surface area contributed by atoms with Crippen molar-refractivity contribution in [3.8, 4) is 0 Å². The number of likely N-dealkylation sites (tertiary alicyclic amines) is 1. The molecule has 2 atom stereocenters. The van der Waals surface area contributed by atoms with E-state index in [0.717, 1.165) is 31.5 Å². The van der Waals surface area contributed by atoms with E-state index in [0.29, 0.717) is 19.0 Å². The van der Waals surface area contributed by atoms with Crippen LogP contribution in [0.15, 0.2) is 24.3 Å². The molecule has 1 unspecified atom stereocenters. The summed E-state index contributed by atoms with van der Waals surface area (Å²) in [7, 11) is 0. The van der Waals surface area contributed by atoms with Crippen molar-refractivity contribution in [2.75, 3.05) is 32.7 Å². The Hall–Kier alpha value is -1.14. The molecule has 3 rings (SSSR count). The summed E-state index contributed by atoms with van der Waals surface area (Å²) in [6.45, 7) is 2.61. The zero-order chi connectivity index (χ0) is 16.4. The van der Waals surface area contributed by atoms with E-state index in [1.54, 1.807) is 0 Å². The molecule has 0 aliphatic carbocycles. The van der Waals surface area contributed by atoms with Crippen LogP contribution in [0, 0.1) is 17.7 Å². The second-order valence-corrected chi connectivity index (χ2v) is 6.69. The SMILES string of the molecule is Fc1ccc(C2CCN(CC3CNC[C@H]3C(F)(F)F)CC2)cc1. The number of rotatable bonds is 3. The molecule has 2 heterocycles. The predicted molar refractivity (Wildman–Crippen MR) is 80.7 cm³/mol. The molecule has 6 heteroatoms. The summed E-state index contributed by atoms with van der Waals surface area (Å²) >= 11 is 0. The maximum atomic E-state index is 13.0. The lowest BCUT2D eigenvalue weighted by atomic mass is 9.88. The summed E-state index contributed by atoms with van der Waals surface area (Å²) in [6.07, 6.45) is -2.27. The minimum Gasteiger partial charge on any atom is -0.316 e. The Morgan fingerprint density at radius 2 is 1.70 bits per heavy atom. The first-order chi connectivity index (χ1) is 10.9. The van der Waals surface area contributed by atoms with Crippen molar-refractivity contribution in [3.05, 3.63) is 35.6 Å². The molecule has 2 nitrogen and oxygen atoms in total. The first-order valence-corrected chi connectivity index (χ1v) is 8.19. The lowest BCUT2D eigenvalue weighted by Crippen LogP contribution is -2.41. The average Bonchev–Trinajstić information content (AvgIpc) is 2.97. The van der Waals surface area contributed by atoms with Crippen LogP contribution in [-0.4, -0.2) is 43.8 Å². The van der Waals surface area contributed by atoms with Gasteiger partial charge in [-0.1, -0.05) is 12.1 Å². The smallest absolute Gasteiger partial charge is 0.316 e. The molecule has 0 aromatic heterocycles. The molecule has 0 amide bonds. The van der Waals surface area contributed by atoms with E-state index in [-0.39, 0.29) is 18.3 Å². The Kier molecular flexibility index (Phi) is 4.92. The number of benzene rings is 1. The molecule has 2 aliphatic rings. The summed E-state index contributed by atoms with van der Waals surface area (Å²) in [6, 6.07) is 6.58. The fourth-order valence-corrected chi connectivity index (χ4v) is 3.82. The Balaban J connectivity index is 1.52. The van der Waals surface area contributed by atoms with Gasteiger partial charge in [-0.3, -0.25) is 0 Å². The summed E-state index contributed by atoms with van der Waals surface area (Å²) in [4.78, 5) is 2.15. The zero-order valence-electron chi connectivity index (χ0n) is 13.0. The maximum absolute atomic E-state index is 13.0. The van der Waals surface area contributed by atoms with Crippen LogP contribution in [-0.2, 0) is 0 Å². The maximum Gasteiger partial charge on any atom is 0.393 e. The lowest BCUT2D eigenvalue weighted by Gasteiger charge is -2.35. The average molecular weight is 330 g/mol. The van der Waals surface area contributed by atoms with E-state index in [4.69, 9.17) is 0 Å². The van der Waals surface area contributed by atoms with Gasteiger partial charge >= 0.3 is 6.18 Å². The van der Waals surface area contributed by atoms with E-state index in [9.17, 15) is 17.6 Å². The van der Waals surface area contributed by atoms with E-state index in [1.807, 2.05) is 12.1 Å². The molecule has 1 aromatic rings. The quantitative estimate of drug-likeness (QED) is 0.855. The van der Waals surface area contributed by atoms with Crippen LogP contribution >= 0.6 is 0 Å². The van der Waals surface area contributed by atoms with Gasteiger partial charge in [0.05, 0.1) is 5.92 Å². The van der Waals surface area contributed by atoms with E-state index in [2.05, 4.69) is 10.2 Å². The van der Waals surface area contributed by atoms with Crippen molar-refractivity contribution in [2.24, 2.45) is 11.8 Å². The number of halogens is 4. The molecule has 0 bridgehead atoms. The van der Waals surface area contributed by atoms with Crippen molar-refractivity contribution in [1.82, 2.24) is 10.2 Å². The van der Waals surface area contributed by atoms with Gasteiger partial charge in [-0.25, -0.2) is 4.39 Å². The highest BCUT2D eigenvalue weighted by atomic mass is 19.4. The molecule has 128 valence electrons. The van der Waals surface area contributed by atoms with Gasteiger partial charge in [0.1, 0.15) is 5.82 Å². The number of hydrogen-bond donors (Lipinski definition) is 1. The van der Waals surface area contributed by atoms with Crippen LogP contribution < -0.4 is 5.32 Å². The van der Waals surface area contributed by atoms with Crippen molar-refractivity contribution in [3.63, 3.8) is 0 Å². The van der Waals surface area contributed by atoms with Gasteiger partial charge in [0.15, 0.2) is 0 Å². The molecule has 2 fully saturated rings. The van der Waals surface area contributed by atoms with E-state index >= 15 is 0 Å². The summed E-state index contributed by atoms with van der Waals surface area (Å²) in [5, 5.41) is 2.88. The molecule has 0 radical (unpaired) electrons. The normalized spacial score (nSPS) is 27.5. The summed E-state index contributed by atoms with van der Waals surface area (Å²) in [5.41, 5.74) is 1.13. The highest BCUT2D eigenvalue weighted by Gasteiger charge is 2.47. The van der Waals surface area contributed by atoms with Crippen LogP contribution in [0.3, 0.4) is 0 Å². The Labute approximate surface area is 133 Å². The first-order valence-electron chi connectivity index (χ1n) is 8.19. The molecule has 23 heavy (non-hydrogen) atoms. The van der Waals surface area contributed by atoms with Crippen LogP contribution in [0.2, 0.25) is 0 Å². The highest BCUT2D eigenvalue weighted by Crippen LogP contribution is 2.36. The monoisotopic (exact) mass is 330 g/mol. The third-order valence-electron chi connectivity index (χ3n) is 5.18. The van der Waals surface area contributed by atoms with Crippen LogP contribution in [0.4, 0.5) is 17.6 Å². The number of nitrogens with zero attached hydrogens (tertiary/aromatic N) is 1. The van der Waals surface area contributed by atoms with E-state index in [1.165, 1.54) is 12.1 Å². The minimum atomic E-state index is -4.11. The summed E-state index contributed by atoms with van der Waals surface area (Å²) in [5.74, 6) is -1.43. The van der Waals surface area contributed by atoms with Gasteiger partial charge in [-0.15, -0.1) is 0 Å². The molecule has 0 spiro atoms. The zero-order valence-corrected chi connectivity index (χ0v) is 13.0. The van der Waals surface area contributed by atoms with Gasteiger partial charge in [0.2, 0.25) is 0 Å². The fraction of sp³-hybridized carbons (Fsp3) is 0.647. The third-order valence-corrected chi connectivity index (χ3v) is 5.18. The number of alkyl halides is 3. The van der Waals surface area contributed by atoms with Crippen molar-refractivity contribution >= 4 is 0 Å². The van der Waals surface area contributed by atoms with Gasteiger partial charge in [0.25, 0.3) is 0 Å². The van der Waals surface area contributed by atoms with Gasteiger partial charge < -0.3 is 10.2 Å². The van der Waals surface area contributed by atoms with Crippen molar-refractivity contribution in [2.45, 2.75) is 24.9 Å². The minimum absolute atomic E-state index is 0.0419. The Bertz CT molecular complexity index is 506. The molecule has 1 aromatic carbocycles. The van der Waals surface area contributed by atoms with Crippen molar-refractivity contribution in [1.29, 1.82) is 0 Å². The first kappa shape index (κ1) is 16.7. The molecular formula is C17H22F4N2. The molecule has 2 saturated heterocycles. The molecule has 0 saturated carbocycles. The highest BCUT2D eigenvalue weighted by molar-refractivity contribution is 5.21. The topological polar surface area (TPSA) is 15.3 Å². The molecule has 2 aliphatic heterocycles. The fourth-order valence-electron chi connectivity index (χ4n) is 3.82. The second kappa shape index (κ2) is 6.77. The van der Waals surface area contributed by atoms with Crippen LogP contribution in [0.1, 0.15) is 24.3 Å². The standard InChI is InChI=1S/C17H22F4N2/c18-15-3-1-12(2-4-15)13-5-7-23(8-6-13)11-14-9-22-10-16(14)17(19,20)21/h1-4,13-14,16,22H,5-11H2/t14?,16-/m1/s1. The summed E-state index contributed by atoms with van der Waals surface area (Å²) < 4.78 is 51.9. The van der Waals surface area contributed by atoms with E-state index < -0.39 is 12.1 Å². The third kappa shape index (κ3) is 4.04. The van der Waals surface area contributed by atoms with Crippen molar-refractivity contribution < 1.29 is 17.6 Å². The predicted octanol–water partition coefficient (Wildman–Crippen LogP) is 3.40. The van der Waals surface area contributed by atoms with Gasteiger partial charge in [0, 0.05) is 13.1 Å². The second-order valence-electron chi connectivity index (χ2n) is 6.69. The van der Waals surface area contributed by atoms with Crippen LogP contribution in [0.25, 0.3) is 0 Å². The lowest BCUT2D eigenvalue weighted by molar-refractivity contribution is -0.180.